The Hall–Kier alpha value is -4.81. The Balaban J connectivity index is 1.59. The van der Waals surface area contributed by atoms with Gasteiger partial charge >= 0.3 is 0 Å². The molecule has 2 heterocycles. The van der Waals surface area contributed by atoms with Crippen LogP contribution in [0.1, 0.15) is 52.4 Å². The summed E-state index contributed by atoms with van der Waals surface area (Å²) in [6.45, 7) is 5.59. The maximum atomic E-state index is 14.9. The molecular formula is C37H41N5O5S2. The number of hydrogen-bond donors (Lipinski definition) is 2. The molecule has 10 nitrogen and oxygen atoms in total. The third kappa shape index (κ3) is 8.09. The normalized spacial score (nSPS) is 12.8. The third-order valence-corrected chi connectivity index (χ3v) is 11.3. The van der Waals surface area contributed by atoms with Crippen LogP contribution in [0.15, 0.2) is 85.2 Å². The first-order valence-electron chi connectivity index (χ1n) is 16.1. The number of fused-ring (bicyclic) bond motifs is 1. The van der Waals surface area contributed by atoms with Gasteiger partial charge in [-0.05, 0) is 72.8 Å². The van der Waals surface area contributed by atoms with E-state index in [2.05, 4.69) is 9.36 Å². The van der Waals surface area contributed by atoms with Crippen molar-refractivity contribution < 1.29 is 22.8 Å². The Morgan fingerprint density at radius 2 is 1.63 bits per heavy atom. The van der Waals surface area contributed by atoms with E-state index in [9.17, 15) is 22.8 Å². The van der Waals surface area contributed by atoms with Crippen molar-refractivity contribution in [3.63, 3.8) is 0 Å². The van der Waals surface area contributed by atoms with E-state index in [0.717, 1.165) is 32.5 Å². The molecular weight excluding hydrogens is 659 g/mol. The standard InChI is InChI=1S/C37H41N5O5S2/c1-5-6-17-49(46,47)42(32(35(38)43)22-29-23-39-31-10-8-7-9-30(29)31)37(45)33(41(4)36(44)28-19-24(2)18-25(3)20-28)21-26-11-13-27(14-12-26)34-15-16-40-48-34/h7-16,18-20,23,32-33,39H,5-6,17,21-22H2,1-4H3,(H2,38,43)/t32-,33-/m0/s1. The molecule has 0 unspecified atom stereocenters. The summed E-state index contributed by atoms with van der Waals surface area (Å²) < 4.78 is 33.1. The van der Waals surface area contributed by atoms with Crippen molar-refractivity contribution in [2.45, 2.75) is 58.5 Å². The molecule has 5 aromatic rings. The van der Waals surface area contributed by atoms with E-state index in [-0.39, 0.29) is 25.0 Å². The lowest BCUT2D eigenvalue weighted by atomic mass is 9.99. The molecule has 0 aliphatic carbocycles. The van der Waals surface area contributed by atoms with Crippen molar-refractivity contribution in [2.75, 3.05) is 12.8 Å². The van der Waals surface area contributed by atoms with Crippen LogP contribution >= 0.6 is 11.5 Å². The quantitative estimate of drug-likeness (QED) is 0.153. The SMILES string of the molecule is CCCCS(=O)(=O)N(C(=O)[C@H](Cc1ccc(-c2ccns2)cc1)N(C)C(=O)c1cc(C)cc(C)c1)[C@@H](Cc1c[nH]c2ccccc12)C(N)=O. The fraction of sp³-hybridized carbons (Fsp3) is 0.297. The Morgan fingerprint density at radius 1 is 0.939 bits per heavy atom. The number of carbonyl (C=O) groups is 3. The summed E-state index contributed by atoms with van der Waals surface area (Å²) in [6, 6.07) is 19.4. The number of nitrogens with zero attached hydrogens (tertiary/aromatic N) is 3. The number of nitrogens with two attached hydrogens (primary N) is 1. The number of aromatic nitrogens is 2. The molecule has 0 aliphatic rings. The van der Waals surface area contributed by atoms with Gasteiger partial charge in [-0.15, -0.1) is 0 Å². The van der Waals surface area contributed by atoms with E-state index in [1.165, 1.54) is 23.5 Å². The van der Waals surface area contributed by atoms with Crippen LogP contribution in [0.2, 0.25) is 0 Å². The molecule has 256 valence electrons. The van der Waals surface area contributed by atoms with Gasteiger partial charge in [0.25, 0.3) is 11.8 Å². The number of unbranched alkanes of at least 4 members (excludes halogenated alkanes) is 1. The number of para-hydroxylation sites is 1. The average Bonchev–Trinajstić information content (AvgIpc) is 3.76. The summed E-state index contributed by atoms with van der Waals surface area (Å²) in [5, 5.41) is 0.784. The van der Waals surface area contributed by atoms with E-state index >= 15 is 0 Å². The molecule has 0 bridgehead atoms. The van der Waals surface area contributed by atoms with Gasteiger partial charge in [-0.2, -0.15) is 0 Å². The smallest absolute Gasteiger partial charge is 0.259 e. The molecule has 49 heavy (non-hydrogen) atoms. The van der Waals surface area contributed by atoms with Crippen molar-refractivity contribution in [2.24, 2.45) is 5.73 Å². The number of benzene rings is 3. The summed E-state index contributed by atoms with van der Waals surface area (Å²) in [6.07, 6.45) is 4.08. The second-order valence-electron chi connectivity index (χ2n) is 12.4. The van der Waals surface area contributed by atoms with Crippen molar-refractivity contribution in [3.05, 3.63) is 113 Å². The highest BCUT2D eigenvalue weighted by Gasteiger charge is 2.43. The van der Waals surface area contributed by atoms with E-state index < -0.39 is 39.8 Å². The molecule has 0 radical (unpaired) electrons. The number of aromatic amines is 1. The second kappa shape index (κ2) is 15.2. The van der Waals surface area contributed by atoms with Gasteiger partial charge in [-0.1, -0.05) is 73.0 Å². The number of primary amides is 1. The second-order valence-corrected chi connectivity index (χ2v) is 15.2. The average molecular weight is 700 g/mol. The summed E-state index contributed by atoms with van der Waals surface area (Å²) >= 11 is 1.35. The molecule has 12 heteroatoms. The van der Waals surface area contributed by atoms with Crippen LogP contribution in [0.3, 0.4) is 0 Å². The summed E-state index contributed by atoms with van der Waals surface area (Å²) in [5.74, 6) is -2.68. The molecule has 0 saturated heterocycles. The molecule has 2 atom stereocenters. The van der Waals surface area contributed by atoms with E-state index in [1.807, 2.05) is 81.4 Å². The van der Waals surface area contributed by atoms with Crippen LogP contribution in [-0.4, -0.2) is 69.6 Å². The molecule has 2 aromatic heterocycles. The van der Waals surface area contributed by atoms with E-state index in [0.29, 0.717) is 27.4 Å². The largest absolute Gasteiger partial charge is 0.368 e. The van der Waals surface area contributed by atoms with Crippen LogP contribution in [0, 0.1) is 13.8 Å². The molecule has 0 aliphatic heterocycles. The van der Waals surface area contributed by atoms with Gasteiger partial charge in [0.05, 0.1) is 10.6 Å². The first-order valence-corrected chi connectivity index (χ1v) is 18.5. The Kier molecular flexibility index (Phi) is 11.0. The van der Waals surface area contributed by atoms with Crippen molar-refractivity contribution in [1.29, 1.82) is 0 Å². The first-order chi connectivity index (χ1) is 23.4. The van der Waals surface area contributed by atoms with Gasteiger partial charge < -0.3 is 15.6 Å². The summed E-state index contributed by atoms with van der Waals surface area (Å²) in [5.41, 5.74) is 11.1. The topological polar surface area (TPSA) is 147 Å². The Bertz CT molecular complexity index is 2040. The van der Waals surface area contributed by atoms with E-state index in [4.69, 9.17) is 5.73 Å². The monoisotopic (exact) mass is 699 g/mol. The first kappa shape index (κ1) is 35.5. The van der Waals surface area contributed by atoms with Gasteiger partial charge in [-0.3, -0.25) is 14.4 Å². The summed E-state index contributed by atoms with van der Waals surface area (Å²) in [4.78, 5) is 47.6. The number of rotatable bonds is 14. The number of hydrogen-bond acceptors (Lipinski definition) is 7. The lowest BCUT2D eigenvalue weighted by Crippen LogP contribution is -2.59. The predicted molar refractivity (Wildman–Crippen MR) is 194 cm³/mol. The van der Waals surface area contributed by atoms with Crippen molar-refractivity contribution >= 4 is 50.2 Å². The van der Waals surface area contributed by atoms with Crippen LogP contribution in [0.5, 0.6) is 0 Å². The minimum atomic E-state index is -4.37. The minimum Gasteiger partial charge on any atom is -0.368 e. The molecule has 0 saturated carbocycles. The number of amides is 3. The maximum absolute atomic E-state index is 14.9. The lowest BCUT2D eigenvalue weighted by Gasteiger charge is -2.35. The van der Waals surface area contributed by atoms with Crippen molar-refractivity contribution in [3.8, 4) is 10.4 Å². The van der Waals surface area contributed by atoms with Gasteiger partial charge in [-0.25, -0.2) is 17.1 Å². The molecule has 0 fully saturated rings. The fourth-order valence-electron chi connectivity index (χ4n) is 6.09. The third-order valence-electron chi connectivity index (χ3n) is 8.62. The van der Waals surface area contributed by atoms with Gasteiger partial charge in [0.1, 0.15) is 12.1 Å². The number of aryl methyl sites for hydroxylation is 2. The molecule has 3 amide bonds. The number of nitrogens with one attached hydrogen (secondary N) is 1. The Labute approximate surface area is 291 Å². The highest BCUT2D eigenvalue weighted by molar-refractivity contribution is 7.89. The molecule has 3 aromatic carbocycles. The highest BCUT2D eigenvalue weighted by Crippen LogP contribution is 2.27. The van der Waals surface area contributed by atoms with Crippen LogP contribution in [0.25, 0.3) is 21.3 Å². The molecule has 5 rings (SSSR count). The van der Waals surface area contributed by atoms with Gasteiger partial charge in [0, 0.05) is 48.7 Å². The number of sulfonamides is 1. The zero-order valence-corrected chi connectivity index (χ0v) is 29.7. The van der Waals surface area contributed by atoms with Crippen molar-refractivity contribution in [1.82, 2.24) is 18.6 Å². The number of likely N-dealkylation sites (N-methyl/N-ethyl adjacent to an activating group) is 1. The maximum Gasteiger partial charge on any atom is 0.259 e. The minimum absolute atomic E-state index is 0.00674. The van der Waals surface area contributed by atoms with Crippen LogP contribution < -0.4 is 5.73 Å². The molecule has 0 spiro atoms. The molecule has 3 N–H and O–H groups in total. The zero-order valence-electron chi connectivity index (χ0n) is 28.0. The van der Waals surface area contributed by atoms with Crippen LogP contribution in [-0.2, 0) is 32.5 Å². The predicted octanol–water partition coefficient (Wildman–Crippen LogP) is 5.65. The fourth-order valence-corrected chi connectivity index (χ4v) is 8.50. The van der Waals surface area contributed by atoms with E-state index in [1.54, 1.807) is 24.5 Å². The zero-order chi connectivity index (χ0) is 35.3. The van der Waals surface area contributed by atoms with Gasteiger partial charge in [0.15, 0.2) is 0 Å². The number of H-pyrrole nitrogens is 1. The highest BCUT2D eigenvalue weighted by atomic mass is 32.2. The van der Waals surface area contributed by atoms with Gasteiger partial charge in [0.2, 0.25) is 15.9 Å². The lowest BCUT2D eigenvalue weighted by molar-refractivity contribution is -0.137. The summed E-state index contributed by atoms with van der Waals surface area (Å²) in [7, 11) is -2.88. The Morgan fingerprint density at radius 3 is 2.27 bits per heavy atom. The number of carbonyl (C=O) groups excluding carboxylic acids is 3. The van der Waals surface area contributed by atoms with Crippen LogP contribution in [0.4, 0.5) is 0 Å².